The van der Waals surface area contributed by atoms with Crippen molar-refractivity contribution in [3.8, 4) is 45.3 Å². The molecule has 0 N–H and O–H groups in total. The Hall–Kier alpha value is -6.50. The summed E-state index contributed by atoms with van der Waals surface area (Å²) < 4.78 is 28.6. The molecule has 52 heavy (non-hydrogen) atoms. The van der Waals surface area contributed by atoms with Crippen LogP contribution in [0.1, 0.15) is 22.3 Å². The van der Waals surface area contributed by atoms with E-state index >= 15 is 0 Å². The van der Waals surface area contributed by atoms with E-state index in [0.717, 1.165) is 38.9 Å². The average molecular weight is 690 g/mol. The number of hydrogen-bond donors (Lipinski definition) is 0. The molecule has 248 valence electrons. The van der Waals surface area contributed by atoms with Crippen LogP contribution in [-0.4, -0.2) is 23.4 Å². The first-order valence-corrected chi connectivity index (χ1v) is 18.6. The van der Waals surface area contributed by atoms with Gasteiger partial charge in [-0.3, -0.25) is 0 Å². The van der Waals surface area contributed by atoms with Gasteiger partial charge >= 0.3 is 0 Å². The van der Waals surface area contributed by atoms with E-state index in [-0.39, 0.29) is 9.79 Å². The summed E-state index contributed by atoms with van der Waals surface area (Å²) >= 11 is 0. The maximum absolute atomic E-state index is 14.3. The molecule has 0 fully saturated rings. The van der Waals surface area contributed by atoms with E-state index in [2.05, 4.69) is 42.5 Å². The van der Waals surface area contributed by atoms with Gasteiger partial charge in [-0.25, -0.2) is 23.4 Å². The molecule has 7 aromatic carbocycles. The Morgan fingerprint density at radius 2 is 0.731 bits per heavy atom. The van der Waals surface area contributed by atoms with Crippen molar-refractivity contribution in [1.29, 1.82) is 0 Å². The minimum atomic E-state index is -3.82. The van der Waals surface area contributed by atoms with Gasteiger partial charge in [0.15, 0.2) is 17.5 Å². The Balaban J connectivity index is 1.33. The molecule has 0 bridgehead atoms. The van der Waals surface area contributed by atoms with Crippen molar-refractivity contribution in [3.05, 3.63) is 210 Å². The quantitative estimate of drug-likeness (QED) is 0.174. The van der Waals surface area contributed by atoms with E-state index in [1.54, 1.807) is 24.3 Å². The van der Waals surface area contributed by atoms with Crippen LogP contribution in [0.4, 0.5) is 0 Å². The minimum absolute atomic E-state index is 0.284. The topological polar surface area (TPSA) is 72.8 Å². The second-order valence-electron chi connectivity index (χ2n) is 12.8. The number of benzene rings is 7. The second kappa shape index (κ2) is 12.7. The molecule has 5 nitrogen and oxygen atoms in total. The lowest BCUT2D eigenvalue weighted by Gasteiger charge is -2.42. The first-order chi connectivity index (χ1) is 25.5. The van der Waals surface area contributed by atoms with Crippen molar-refractivity contribution in [2.75, 3.05) is 0 Å². The fourth-order valence-electron chi connectivity index (χ4n) is 7.52. The monoisotopic (exact) mass is 689 g/mol. The van der Waals surface area contributed by atoms with Crippen molar-refractivity contribution in [3.63, 3.8) is 0 Å². The van der Waals surface area contributed by atoms with Crippen LogP contribution in [0.5, 0.6) is 0 Å². The second-order valence-corrected chi connectivity index (χ2v) is 14.7. The van der Waals surface area contributed by atoms with E-state index in [4.69, 9.17) is 15.0 Å². The summed E-state index contributed by atoms with van der Waals surface area (Å²) in [4.78, 5) is 15.9. The maximum atomic E-state index is 14.3. The molecule has 0 spiro atoms. The van der Waals surface area contributed by atoms with Crippen molar-refractivity contribution in [2.45, 2.75) is 15.2 Å². The molecular weight excluding hydrogens is 659 g/mol. The van der Waals surface area contributed by atoms with Crippen LogP contribution in [0, 0.1) is 0 Å². The van der Waals surface area contributed by atoms with Gasteiger partial charge in [-0.05, 0) is 45.5 Å². The van der Waals surface area contributed by atoms with Gasteiger partial charge in [-0.2, -0.15) is 0 Å². The minimum Gasteiger partial charge on any atom is -0.218 e. The highest BCUT2D eigenvalue weighted by Crippen LogP contribution is 2.55. The summed E-state index contributed by atoms with van der Waals surface area (Å²) in [7, 11) is -3.82. The predicted octanol–water partition coefficient (Wildman–Crippen LogP) is 10.1. The van der Waals surface area contributed by atoms with Gasteiger partial charge in [0, 0.05) is 16.7 Å². The van der Waals surface area contributed by atoms with E-state index in [1.807, 2.05) is 121 Å². The van der Waals surface area contributed by atoms with Gasteiger partial charge < -0.3 is 0 Å². The molecule has 1 aromatic heterocycles. The molecule has 9 rings (SSSR count). The number of nitrogens with zero attached hydrogens (tertiary/aromatic N) is 3. The Kier molecular flexibility index (Phi) is 7.67. The molecule has 0 saturated carbocycles. The van der Waals surface area contributed by atoms with Crippen LogP contribution in [0.25, 0.3) is 45.3 Å². The van der Waals surface area contributed by atoms with E-state index in [9.17, 15) is 8.42 Å². The van der Waals surface area contributed by atoms with E-state index in [0.29, 0.717) is 28.6 Å². The van der Waals surface area contributed by atoms with Crippen LogP contribution >= 0.6 is 0 Å². The third-order valence-corrected chi connectivity index (χ3v) is 11.7. The third kappa shape index (κ3) is 5.07. The molecule has 8 aromatic rings. The molecule has 0 atom stereocenters. The Morgan fingerprint density at radius 3 is 1.31 bits per heavy atom. The van der Waals surface area contributed by atoms with Crippen molar-refractivity contribution >= 4 is 9.84 Å². The van der Waals surface area contributed by atoms with Gasteiger partial charge in [-0.15, -0.1) is 0 Å². The summed E-state index contributed by atoms with van der Waals surface area (Å²) in [6, 6.07) is 61.4. The van der Waals surface area contributed by atoms with Crippen LogP contribution in [-0.2, 0) is 15.3 Å². The molecule has 0 saturated heterocycles. The number of fused-ring (bicyclic) bond motifs is 2. The summed E-state index contributed by atoms with van der Waals surface area (Å²) in [6.07, 6.45) is 0. The van der Waals surface area contributed by atoms with Crippen LogP contribution < -0.4 is 0 Å². The zero-order valence-electron chi connectivity index (χ0n) is 28.0. The highest BCUT2D eigenvalue weighted by atomic mass is 32.2. The molecule has 0 radical (unpaired) electrons. The summed E-state index contributed by atoms with van der Waals surface area (Å²) in [5.41, 5.74) is 6.87. The Morgan fingerprint density at radius 1 is 0.346 bits per heavy atom. The molecular formula is C46H31N3O2S. The molecule has 0 amide bonds. The molecule has 2 heterocycles. The Bertz CT molecular complexity index is 2630. The van der Waals surface area contributed by atoms with E-state index < -0.39 is 15.3 Å². The normalized spacial score (nSPS) is 13.8. The lowest BCUT2D eigenvalue weighted by molar-refractivity contribution is 0.579. The average Bonchev–Trinajstić information content (AvgIpc) is 3.22. The van der Waals surface area contributed by atoms with Gasteiger partial charge in [-0.1, -0.05) is 176 Å². The Labute approximate surface area is 302 Å². The third-order valence-electron chi connectivity index (χ3n) is 9.86. The highest BCUT2D eigenvalue weighted by molar-refractivity contribution is 7.91. The van der Waals surface area contributed by atoms with Crippen LogP contribution in [0.15, 0.2) is 198 Å². The zero-order chi connectivity index (χ0) is 35.1. The van der Waals surface area contributed by atoms with Gasteiger partial charge in [0.05, 0.1) is 15.2 Å². The zero-order valence-corrected chi connectivity index (χ0v) is 28.8. The summed E-state index contributed by atoms with van der Waals surface area (Å²) in [5, 5.41) is 0. The lowest BCUT2D eigenvalue weighted by Crippen LogP contribution is -2.38. The van der Waals surface area contributed by atoms with Gasteiger partial charge in [0.2, 0.25) is 9.84 Å². The number of aromatic nitrogens is 3. The highest BCUT2D eigenvalue weighted by Gasteiger charge is 2.49. The fourth-order valence-corrected chi connectivity index (χ4v) is 9.29. The van der Waals surface area contributed by atoms with Gasteiger partial charge in [0.1, 0.15) is 0 Å². The van der Waals surface area contributed by atoms with Crippen molar-refractivity contribution < 1.29 is 8.42 Å². The number of rotatable bonds is 6. The van der Waals surface area contributed by atoms with Crippen LogP contribution in [0.2, 0.25) is 0 Å². The molecule has 1 aliphatic rings. The fraction of sp³-hybridized carbons (Fsp3) is 0.0217. The lowest BCUT2D eigenvalue weighted by atomic mass is 9.63. The standard InChI is InChI=1S/C46H31N3O2S/c50-52(51)41-26-14-12-24-39(41)46(36-20-8-3-9-21-36,40-25-13-15-27-42(40)52)38-23-11-10-22-37(38)45-48-43(34-18-6-2-7-19-34)47-44(49-45)35-30-28-33(29-31-35)32-16-4-1-5-17-32/h1-31H. The molecule has 0 aliphatic carbocycles. The number of hydrogen-bond acceptors (Lipinski definition) is 5. The summed E-state index contributed by atoms with van der Waals surface area (Å²) in [6.45, 7) is 0. The maximum Gasteiger partial charge on any atom is 0.207 e. The van der Waals surface area contributed by atoms with Crippen molar-refractivity contribution in [2.24, 2.45) is 0 Å². The number of sulfone groups is 1. The van der Waals surface area contributed by atoms with E-state index in [1.165, 1.54) is 0 Å². The molecule has 0 unspecified atom stereocenters. The largest absolute Gasteiger partial charge is 0.218 e. The predicted molar refractivity (Wildman–Crippen MR) is 205 cm³/mol. The van der Waals surface area contributed by atoms with Crippen LogP contribution in [0.3, 0.4) is 0 Å². The molecule has 1 aliphatic heterocycles. The van der Waals surface area contributed by atoms with Gasteiger partial charge in [0.25, 0.3) is 0 Å². The molecule has 6 heteroatoms. The first kappa shape index (κ1) is 31.5. The SMILES string of the molecule is O=S1(=O)c2ccccc2C(c2ccccc2)(c2ccccc2-c2nc(-c3ccccc3)nc(-c3ccc(-c4ccccc4)cc3)n2)c2ccccc21. The first-order valence-electron chi connectivity index (χ1n) is 17.1. The summed E-state index contributed by atoms with van der Waals surface area (Å²) in [5.74, 6) is 1.58. The van der Waals surface area contributed by atoms with Crippen molar-refractivity contribution in [1.82, 2.24) is 15.0 Å². The smallest absolute Gasteiger partial charge is 0.207 e.